The second kappa shape index (κ2) is 7.72. The SMILES string of the molecule is CCSc1ncc(CN2CC[C@@H](O)C[C@H]2C(=O)OC)cn1. The highest BCUT2D eigenvalue weighted by Crippen LogP contribution is 2.21. The van der Waals surface area contributed by atoms with Crippen LogP contribution in [0.2, 0.25) is 0 Å². The maximum atomic E-state index is 11.8. The molecule has 7 heteroatoms. The third kappa shape index (κ3) is 4.39. The third-order valence-electron chi connectivity index (χ3n) is 3.50. The molecule has 0 aromatic carbocycles. The third-order valence-corrected chi connectivity index (χ3v) is 4.26. The van der Waals surface area contributed by atoms with Gasteiger partial charge in [-0.15, -0.1) is 0 Å². The molecule has 0 radical (unpaired) electrons. The first kappa shape index (κ1) is 16.2. The number of hydrogen-bond acceptors (Lipinski definition) is 7. The predicted molar refractivity (Wildman–Crippen MR) is 79.9 cm³/mol. The minimum absolute atomic E-state index is 0.298. The van der Waals surface area contributed by atoms with Crippen LogP contribution in [0.3, 0.4) is 0 Å². The van der Waals surface area contributed by atoms with Gasteiger partial charge < -0.3 is 9.84 Å². The summed E-state index contributed by atoms with van der Waals surface area (Å²) < 4.78 is 4.83. The minimum Gasteiger partial charge on any atom is -0.468 e. The van der Waals surface area contributed by atoms with Gasteiger partial charge in [0, 0.05) is 31.0 Å². The molecule has 1 aliphatic rings. The van der Waals surface area contributed by atoms with E-state index < -0.39 is 12.1 Å². The molecule has 0 unspecified atom stereocenters. The summed E-state index contributed by atoms with van der Waals surface area (Å²) in [5.41, 5.74) is 0.959. The fourth-order valence-electron chi connectivity index (χ4n) is 2.43. The Morgan fingerprint density at radius 2 is 2.24 bits per heavy atom. The number of thioether (sulfide) groups is 1. The number of piperidine rings is 1. The Morgan fingerprint density at radius 3 is 2.86 bits per heavy atom. The highest BCUT2D eigenvalue weighted by molar-refractivity contribution is 7.99. The summed E-state index contributed by atoms with van der Waals surface area (Å²) in [7, 11) is 1.38. The first-order valence-corrected chi connectivity index (χ1v) is 8.06. The van der Waals surface area contributed by atoms with Crippen molar-refractivity contribution in [3.8, 4) is 0 Å². The van der Waals surface area contributed by atoms with Crippen LogP contribution in [-0.4, -0.2) is 57.5 Å². The Labute approximate surface area is 128 Å². The molecule has 1 aromatic heterocycles. The Bertz CT molecular complexity index is 469. The number of esters is 1. The molecule has 1 fully saturated rings. The Morgan fingerprint density at radius 1 is 1.52 bits per heavy atom. The zero-order valence-electron chi connectivity index (χ0n) is 12.4. The van der Waals surface area contributed by atoms with Crippen molar-refractivity contribution in [1.82, 2.24) is 14.9 Å². The number of hydrogen-bond donors (Lipinski definition) is 1. The molecule has 1 saturated heterocycles. The number of likely N-dealkylation sites (tertiary alicyclic amines) is 1. The molecule has 1 aromatic rings. The van der Waals surface area contributed by atoms with Crippen molar-refractivity contribution in [1.29, 1.82) is 0 Å². The first-order chi connectivity index (χ1) is 10.1. The van der Waals surface area contributed by atoms with E-state index in [2.05, 4.69) is 16.9 Å². The van der Waals surface area contributed by atoms with Crippen molar-refractivity contribution in [3.05, 3.63) is 18.0 Å². The van der Waals surface area contributed by atoms with E-state index >= 15 is 0 Å². The van der Waals surface area contributed by atoms with Gasteiger partial charge >= 0.3 is 5.97 Å². The lowest BCUT2D eigenvalue weighted by Crippen LogP contribution is -2.48. The van der Waals surface area contributed by atoms with E-state index in [9.17, 15) is 9.90 Å². The van der Waals surface area contributed by atoms with Crippen LogP contribution in [0, 0.1) is 0 Å². The average molecular weight is 311 g/mol. The highest BCUT2D eigenvalue weighted by Gasteiger charge is 2.33. The van der Waals surface area contributed by atoms with Crippen molar-refractivity contribution in [2.75, 3.05) is 19.4 Å². The van der Waals surface area contributed by atoms with Crippen LogP contribution in [0.4, 0.5) is 0 Å². The van der Waals surface area contributed by atoms with Crippen LogP contribution in [0.25, 0.3) is 0 Å². The summed E-state index contributed by atoms with van der Waals surface area (Å²) in [6.07, 6.45) is 4.23. The van der Waals surface area contributed by atoms with Crippen LogP contribution in [0.5, 0.6) is 0 Å². The molecule has 1 N–H and O–H groups in total. The quantitative estimate of drug-likeness (QED) is 0.495. The predicted octanol–water partition coefficient (Wildman–Crippen LogP) is 1.09. The average Bonchev–Trinajstić information content (AvgIpc) is 2.50. The van der Waals surface area contributed by atoms with Crippen molar-refractivity contribution in [2.45, 2.75) is 43.6 Å². The number of aliphatic hydroxyl groups excluding tert-OH is 1. The maximum Gasteiger partial charge on any atom is 0.323 e. The van der Waals surface area contributed by atoms with Gasteiger partial charge in [-0.25, -0.2) is 9.97 Å². The monoisotopic (exact) mass is 311 g/mol. The number of rotatable bonds is 5. The zero-order chi connectivity index (χ0) is 15.2. The summed E-state index contributed by atoms with van der Waals surface area (Å²) in [6.45, 7) is 3.30. The van der Waals surface area contributed by atoms with Gasteiger partial charge in [0.15, 0.2) is 5.16 Å². The van der Waals surface area contributed by atoms with E-state index in [1.807, 2.05) is 4.90 Å². The number of ether oxygens (including phenoxy) is 1. The van der Waals surface area contributed by atoms with E-state index in [0.717, 1.165) is 16.5 Å². The van der Waals surface area contributed by atoms with Gasteiger partial charge in [-0.3, -0.25) is 9.69 Å². The number of carbonyl (C=O) groups excluding carboxylic acids is 1. The van der Waals surface area contributed by atoms with Gasteiger partial charge in [0.2, 0.25) is 0 Å². The van der Waals surface area contributed by atoms with E-state index in [-0.39, 0.29) is 5.97 Å². The summed E-state index contributed by atoms with van der Waals surface area (Å²) in [5.74, 6) is 0.640. The number of aromatic nitrogens is 2. The highest BCUT2D eigenvalue weighted by atomic mass is 32.2. The molecule has 2 rings (SSSR count). The molecular weight excluding hydrogens is 290 g/mol. The van der Waals surface area contributed by atoms with Gasteiger partial charge in [0.25, 0.3) is 0 Å². The van der Waals surface area contributed by atoms with E-state index in [1.165, 1.54) is 7.11 Å². The minimum atomic E-state index is -0.440. The Kier molecular flexibility index (Phi) is 5.96. The van der Waals surface area contributed by atoms with Crippen LogP contribution in [-0.2, 0) is 16.1 Å². The fourth-order valence-corrected chi connectivity index (χ4v) is 2.94. The molecule has 2 heterocycles. The van der Waals surface area contributed by atoms with Crippen molar-refractivity contribution < 1.29 is 14.6 Å². The molecule has 1 aliphatic heterocycles. The first-order valence-electron chi connectivity index (χ1n) is 7.07. The number of aliphatic hydroxyl groups is 1. The van der Waals surface area contributed by atoms with Crippen molar-refractivity contribution >= 4 is 17.7 Å². The van der Waals surface area contributed by atoms with E-state index in [4.69, 9.17) is 4.74 Å². The maximum absolute atomic E-state index is 11.8. The lowest BCUT2D eigenvalue weighted by atomic mass is 9.99. The molecular formula is C14H21N3O3S. The lowest BCUT2D eigenvalue weighted by molar-refractivity contribution is -0.150. The summed E-state index contributed by atoms with van der Waals surface area (Å²) in [5, 5.41) is 10.5. The molecule has 21 heavy (non-hydrogen) atoms. The zero-order valence-corrected chi connectivity index (χ0v) is 13.2. The van der Waals surface area contributed by atoms with Gasteiger partial charge in [-0.1, -0.05) is 18.7 Å². The van der Waals surface area contributed by atoms with Gasteiger partial charge in [0.1, 0.15) is 6.04 Å². The molecule has 0 bridgehead atoms. The van der Waals surface area contributed by atoms with Gasteiger partial charge in [-0.05, 0) is 18.6 Å². The molecule has 0 saturated carbocycles. The molecule has 0 amide bonds. The number of carbonyl (C=O) groups is 1. The molecule has 2 atom stereocenters. The molecule has 0 spiro atoms. The fraction of sp³-hybridized carbons (Fsp3) is 0.643. The second-order valence-corrected chi connectivity index (χ2v) is 6.23. The standard InChI is InChI=1S/C14H21N3O3S/c1-3-21-14-15-7-10(8-16-14)9-17-5-4-11(18)6-12(17)13(19)20-2/h7-8,11-12,18H,3-6,9H2,1-2H3/t11-,12+/m1/s1. The van der Waals surface area contributed by atoms with Crippen LogP contribution in [0.1, 0.15) is 25.3 Å². The normalized spacial score (nSPS) is 23.0. The molecule has 116 valence electrons. The van der Waals surface area contributed by atoms with Gasteiger partial charge in [-0.2, -0.15) is 0 Å². The number of nitrogens with zero attached hydrogens (tertiary/aromatic N) is 3. The summed E-state index contributed by atoms with van der Waals surface area (Å²) in [4.78, 5) is 22.5. The molecule has 6 nitrogen and oxygen atoms in total. The lowest BCUT2D eigenvalue weighted by Gasteiger charge is -2.35. The van der Waals surface area contributed by atoms with Gasteiger partial charge in [0.05, 0.1) is 13.2 Å². The van der Waals surface area contributed by atoms with Crippen LogP contribution in [0.15, 0.2) is 17.6 Å². The summed E-state index contributed by atoms with van der Waals surface area (Å²) >= 11 is 1.60. The largest absolute Gasteiger partial charge is 0.468 e. The number of methoxy groups -OCH3 is 1. The van der Waals surface area contributed by atoms with Crippen LogP contribution >= 0.6 is 11.8 Å². The summed E-state index contributed by atoms with van der Waals surface area (Å²) in [6, 6.07) is -0.400. The van der Waals surface area contributed by atoms with Crippen LogP contribution < -0.4 is 0 Å². The van der Waals surface area contributed by atoms with E-state index in [0.29, 0.717) is 25.9 Å². The van der Waals surface area contributed by atoms with Crippen molar-refractivity contribution in [2.24, 2.45) is 0 Å². The Hall–Kier alpha value is -1.18. The smallest absolute Gasteiger partial charge is 0.323 e. The van der Waals surface area contributed by atoms with E-state index in [1.54, 1.807) is 24.2 Å². The molecule has 0 aliphatic carbocycles. The van der Waals surface area contributed by atoms with Crippen molar-refractivity contribution in [3.63, 3.8) is 0 Å². The second-order valence-electron chi connectivity index (χ2n) is 4.99. The topological polar surface area (TPSA) is 75.5 Å². The Balaban J connectivity index is 2.03.